The molecule has 0 saturated carbocycles. The molecule has 4 heteroatoms. The van der Waals surface area contributed by atoms with Crippen molar-refractivity contribution in [3.05, 3.63) is 0 Å². The van der Waals surface area contributed by atoms with Gasteiger partial charge in [-0.2, -0.15) is 0 Å². The van der Waals surface area contributed by atoms with Crippen molar-refractivity contribution in [3.8, 4) is 0 Å². The van der Waals surface area contributed by atoms with Crippen LogP contribution in [-0.4, -0.2) is 32.4 Å². The molecule has 54 valence electrons. The molecular formula is C5H12N2OS. The van der Waals surface area contributed by atoms with Crippen LogP contribution in [0, 0.1) is 0 Å². The van der Waals surface area contributed by atoms with E-state index in [2.05, 4.69) is 15.4 Å². The summed E-state index contributed by atoms with van der Waals surface area (Å²) in [4.78, 5) is 0. The van der Waals surface area contributed by atoms with Crippen molar-refractivity contribution >= 4 is 17.3 Å². The first-order chi connectivity index (χ1) is 4.31. The predicted octanol–water partition coefficient (Wildman–Crippen LogP) is -0.273. The minimum atomic E-state index is 0.787. The number of rotatable bonds is 0. The molecule has 2 N–H and O–H groups in total. The topological polar surface area (TPSA) is 33.3 Å². The van der Waals surface area contributed by atoms with Crippen molar-refractivity contribution < 1.29 is 4.74 Å². The van der Waals surface area contributed by atoms with Crippen LogP contribution in [0.4, 0.5) is 0 Å². The minimum Gasteiger partial charge on any atom is -0.388 e. The SMILES string of the molecule is COC.S=C1NCCN1. The van der Waals surface area contributed by atoms with Crippen molar-refractivity contribution in [1.82, 2.24) is 10.6 Å². The van der Waals surface area contributed by atoms with Gasteiger partial charge in [-0.15, -0.1) is 0 Å². The number of hydrogen-bond acceptors (Lipinski definition) is 2. The molecule has 0 bridgehead atoms. The first kappa shape index (κ1) is 8.65. The summed E-state index contributed by atoms with van der Waals surface area (Å²) in [5, 5.41) is 6.67. The molecule has 0 aromatic carbocycles. The fourth-order valence-electron chi connectivity index (χ4n) is 0.415. The Morgan fingerprint density at radius 3 is 1.78 bits per heavy atom. The molecule has 0 atom stereocenters. The van der Waals surface area contributed by atoms with E-state index >= 15 is 0 Å². The zero-order valence-electron chi connectivity index (χ0n) is 5.73. The quantitative estimate of drug-likeness (QED) is 0.463. The van der Waals surface area contributed by atoms with E-state index in [1.54, 1.807) is 14.2 Å². The average molecular weight is 148 g/mol. The Balaban J connectivity index is 0.000000187. The number of nitrogens with one attached hydrogen (secondary N) is 2. The molecule has 0 aromatic heterocycles. The van der Waals surface area contributed by atoms with Crippen molar-refractivity contribution in [2.75, 3.05) is 27.3 Å². The molecule has 3 nitrogen and oxygen atoms in total. The van der Waals surface area contributed by atoms with Crippen LogP contribution in [0.1, 0.15) is 0 Å². The van der Waals surface area contributed by atoms with Gasteiger partial charge in [-0.3, -0.25) is 0 Å². The molecule has 1 fully saturated rings. The summed E-state index contributed by atoms with van der Waals surface area (Å²) in [7, 11) is 3.25. The van der Waals surface area contributed by atoms with Gasteiger partial charge in [-0.05, 0) is 12.2 Å². The monoisotopic (exact) mass is 148 g/mol. The third-order valence-electron chi connectivity index (χ3n) is 0.696. The Bertz CT molecular complexity index is 79.0. The summed E-state index contributed by atoms with van der Waals surface area (Å²) in [6.45, 7) is 1.97. The van der Waals surface area contributed by atoms with Gasteiger partial charge in [-0.25, -0.2) is 0 Å². The highest BCUT2D eigenvalue weighted by Gasteiger charge is 1.98. The lowest BCUT2D eigenvalue weighted by Crippen LogP contribution is -2.19. The van der Waals surface area contributed by atoms with Crippen LogP contribution < -0.4 is 10.6 Å². The van der Waals surface area contributed by atoms with Crippen LogP contribution in [0.25, 0.3) is 0 Å². The predicted molar refractivity (Wildman–Crippen MR) is 41.5 cm³/mol. The van der Waals surface area contributed by atoms with Crippen LogP contribution in [0.3, 0.4) is 0 Å². The Kier molecular flexibility index (Phi) is 5.56. The highest BCUT2D eigenvalue weighted by molar-refractivity contribution is 7.80. The molecule has 0 unspecified atom stereocenters. The summed E-state index contributed by atoms with van der Waals surface area (Å²) in [5.41, 5.74) is 0. The van der Waals surface area contributed by atoms with Crippen LogP contribution in [0.15, 0.2) is 0 Å². The second-order valence-electron chi connectivity index (χ2n) is 1.59. The molecule has 0 aromatic rings. The Hall–Kier alpha value is -0.350. The molecule has 1 heterocycles. The summed E-state index contributed by atoms with van der Waals surface area (Å²) in [6.07, 6.45) is 0. The van der Waals surface area contributed by atoms with Crippen LogP contribution in [0.5, 0.6) is 0 Å². The molecule has 0 amide bonds. The van der Waals surface area contributed by atoms with Crippen molar-refractivity contribution in [1.29, 1.82) is 0 Å². The molecule has 0 aliphatic carbocycles. The van der Waals surface area contributed by atoms with Crippen molar-refractivity contribution in [3.63, 3.8) is 0 Å². The van der Waals surface area contributed by atoms with Gasteiger partial charge in [0.2, 0.25) is 0 Å². The van der Waals surface area contributed by atoms with Gasteiger partial charge in [0, 0.05) is 27.3 Å². The van der Waals surface area contributed by atoms with Gasteiger partial charge < -0.3 is 15.4 Å². The van der Waals surface area contributed by atoms with Crippen LogP contribution >= 0.6 is 12.2 Å². The van der Waals surface area contributed by atoms with Crippen molar-refractivity contribution in [2.45, 2.75) is 0 Å². The second-order valence-corrected chi connectivity index (χ2v) is 2.00. The molecular weight excluding hydrogens is 136 g/mol. The zero-order chi connectivity index (χ0) is 7.11. The van der Waals surface area contributed by atoms with Crippen LogP contribution in [0.2, 0.25) is 0 Å². The van der Waals surface area contributed by atoms with E-state index in [1.807, 2.05) is 0 Å². The molecule has 9 heavy (non-hydrogen) atoms. The van der Waals surface area contributed by atoms with Gasteiger partial charge >= 0.3 is 0 Å². The summed E-state index contributed by atoms with van der Waals surface area (Å²) in [5.74, 6) is 0. The molecule has 1 aliphatic rings. The van der Waals surface area contributed by atoms with Gasteiger partial charge in [0.25, 0.3) is 0 Å². The maximum atomic E-state index is 4.70. The molecule has 0 spiro atoms. The van der Waals surface area contributed by atoms with Gasteiger partial charge in [-0.1, -0.05) is 0 Å². The summed E-state index contributed by atoms with van der Waals surface area (Å²) >= 11 is 4.70. The number of hydrogen-bond donors (Lipinski definition) is 2. The Labute approximate surface area is 60.8 Å². The van der Waals surface area contributed by atoms with E-state index in [0.29, 0.717) is 0 Å². The van der Waals surface area contributed by atoms with E-state index in [1.165, 1.54) is 0 Å². The highest BCUT2D eigenvalue weighted by atomic mass is 32.1. The standard InChI is InChI=1S/C3H6N2S.C2H6O/c6-3-4-1-2-5-3;1-3-2/h1-2H2,(H2,4,5,6);1-2H3. The number of ether oxygens (including phenoxy) is 1. The zero-order valence-corrected chi connectivity index (χ0v) is 6.55. The largest absolute Gasteiger partial charge is 0.388 e. The Morgan fingerprint density at radius 2 is 1.67 bits per heavy atom. The summed E-state index contributed by atoms with van der Waals surface area (Å²) in [6, 6.07) is 0. The smallest absolute Gasteiger partial charge is 0.166 e. The van der Waals surface area contributed by atoms with Gasteiger partial charge in [0.1, 0.15) is 0 Å². The summed E-state index contributed by atoms with van der Waals surface area (Å²) < 4.78 is 4.25. The fraction of sp³-hybridized carbons (Fsp3) is 0.800. The third kappa shape index (κ3) is 5.52. The minimum absolute atomic E-state index is 0.787. The number of thiocarbonyl (C=S) groups is 1. The molecule has 1 saturated heterocycles. The maximum absolute atomic E-state index is 4.70. The molecule has 1 aliphatic heterocycles. The van der Waals surface area contributed by atoms with Crippen LogP contribution in [-0.2, 0) is 4.74 Å². The van der Waals surface area contributed by atoms with Gasteiger partial charge in [0.05, 0.1) is 0 Å². The lowest BCUT2D eigenvalue weighted by atomic mass is 10.7. The maximum Gasteiger partial charge on any atom is 0.166 e. The first-order valence-corrected chi connectivity index (χ1v) is 3.14. The van der Waals surface area contributed by atoms with E-state index in [-0.39, 0.29) is 0 Å². The lowest BCUT2D eigenvalue weighted by Gasteiger charge is -1.85. The third-order valence-corrected chi connectivity index (χ3v) is 0.985. The number of methoxy groups -OCH3 is 1. The lowest BCUT2D eigenvalue weighted by molar-refractivity contribution is 0.277. The first-order valence-electron chi connectivity index (χ1n) is 2.73. The van der Waals surface area contributed by atoms with E-state index in [4.69, 9.17) is 12.2 Å². The second kappa shape index (κ2) is 5.78. The highest BCUT2D eigenvalue weighted by Crippen LogP contribution is 1.71. The van der Waals surface area contributed by atoms with E-state index in [0.717, 1.165) is 18.2 Å². The van der Waals surface area contributed by atoms with E-state index < -0.39 is 0 Å². The average Bonchev–Trinajstić information content (AvgIpc) is 2.20. The normalized spacial score (nSPS) is 15.1. The van der Waals surface area contributed by atoms with Crippen molar-refractivity contribution in [2.24, 2.45) is 0 Å². The molecule has 1 rings (SSSR count). The Morgan fingerprint density at radius 1 is 1.33 bits per heavy atom. The van der Waals surface area contributed by atoms with Gasteiger partial charge in [0.15, 0.2) is 5.11 Å². The molecule has 0 radical (unpaired) electrons. The fourth-order valence-corrected chi connectivity index (χ4v) is 0.619. The van der Waals surface area contributed by atoms with E-state index in [9.17, 15) is 0 Å².